The highest BCUT2D eigenvalue weighted by Crippen LogP contribution is 2.37. The maximum Gasteiger partial charge on any atom is 0.396 e. The first-order chi connectivity index (χ1) is 12.2. The molecule has 1 unspecified atom stereocenters. The predicted octanol–water partition coefficient (Wildman–Crippen LogP) is 2.50. The maximum absolute atomic E-state index is 11.7. The van der Waals surface area contributed by atoms with Crippen molar-refractivity contribution in [3.63, 3.8) is 0 Å². The Morgan fingerprint density at radius 3 is 2.96 bits per heavy atom. The van der Waals surface area contributed by atoms with Gasteiger partial charge in [0.25, 0.3) is 0 Å². The van der Waals surface area contributed by atoms with Crippen LogP contribution in [0, 0.1) is 0 Å². The average Bonchev–Trinajstić information content (AvgIpc) is 2.94. The molecule has 0 aliphatic carbocycles. The molecule has 124 valence electrons. The van der Waals surface area contributed by atoms with Crippen molar-refractivity contribution in [1.82, 2.24) is 4.98 Å². The van der Waals surface area contributed by atoms with Crippen LogP contribution in [0.1, 0.15) is 5.56 Å². The summed E-state index contributed by atoms with van der Waals surface area (Å²) in [5.41, 5.74) is 8.14. The third kappa shape index (κ3) is 2.46. The molecule has 0 saturated heterocycles. The van der Waals surface area contributed by atoms with Gasteiger partial charge in [0.1, 0.15) is 12.7 Å². The molecule has 0 bridgehead atoms. The zero-order chi connectivity index (χ0) is 17.3. The van der Waals surface area contributed by atoms with Gasteiger partial charge in [-0.1, -0.05) is 52.6 Å². The maximum atomic E-state index is 11.7. The second-order valence-electron chi connectivity index (χ2n) is 6.00. The van der Waals surface area contributed by atoms with Crippen molar-refractivity contribution in [3.8, 4) is 0 Å². The van der Waals surface area contributed by atoms with Gasteiger partial charge in [-0.2, -0.15) is 0 Å². The number of rotatable bonds is 4. The van der Waals surface area contributed by atoms with Gasteiger partial charge in [-0.3, -0.25) is 0 Å². The number of fused-ring (bicyclic) bond motifs is 2. The average molecular weight is 333 g/mol. The van der Waals surface area contributed by atoms with Gasteiger partial charge < -0.3 is 5.11 Å². The molecule has 0 radical (unpaired) electrons. The van der Waals surface area contributed by atoms with E-state index >= 15 is 0 Å². The molecule has 2 aromatic carbocycles. The Kier molecular flexibility index (Phi) is 3.72. The molecule has 3 aromatic rings. The fourth-order valence-electron chi connectivity index (χ4n) is 3.51. The Balaban J connectivity index is 1.87. The van der Waals surface area contributed by atoms with Crippen molar-refractivity contribution >= 4 is 16.7 Å². The molecule has 1 aliphatic rings. The van der Waals surface area contributed by atoms with Gasteiger partial charge in [0.2, 0.25) is 5.72 Å². The Morgan fingerprint density at radius 2 is 2.08 bits per heavy atom. The molecular formula is C18H17N6O+. The normalized spacial score (nSPS) is 18.8. The first-order valence-corrected chi connectivity index (χ1v) is 8.07. The van der Waals surface area contributed by atoms with Crippen molar-refractivity contribution in [2.75, 3.05) is 18.0 Å². The molecule has 0 spiro atoms. The van der Waals surface area contributed by atoms with Crippen molar-refractivity contribution < 1.29 is 9.67 Å². The lowest BCUT2D eigenvalue weighted by Crippen LogP contribution is -2.46. The van der Waals surface area contributed by atoms with E-state index in [0.29, 0.717) is 19.0 Å². The van der Waals surface area contributed by atoms with Crippen molar-refractivity contribution in [2.24, 2.45) is 5.11 Å². The van der Waals surface area contributed by atoms with Crippen LogP contribution in [0.4, 0.5) is 5.95 Å². The summed E-state index contributed by atoms with van der Waals surface area (Å²) in [7, 11) is 0. The molecule has 1 N–H and O–H groups in total. The van der Waals surface area contributed by atoms with Gasteiger partial charge in [0.15, 0.2) is 0 Å². The van der Waals surface area contributed by atoms with E-state index in [1.54, 1.807) is 6.20 Å². The van der Waals surface area contributed by atoms with E-state index in [0.717, 1.165) is 16.3 Å². The SMILES string of the molecule is [N-]=[N+]=NCCN1c2nccc[n+]2CC1(O)c1cccc2ccccc12. The summed E-state index contributed by atoms with van der Waals surface area (Å²) in [6, 6.07) is 15.7. The van der Waals surface area contributed by atoms with Crippen LogP contribution < -0.4 is 9.47 Å². The molecule has 4 rings (SSSR count). The van der Waals surface area contributed by atoms with Gasteiger partial charge in [-0.25, -0.2) is 9.47 Å². The molecular weight excluding hydrogens is 316 g/mol. The molecule has 1 aliphatic heterocycles. The zero-order valence-corrected chi connectivity index (χ0v) is 13.5. The Morgan fingerprint density at radius 1 is 1.24 bits per heavy atom. The van der Waals surface area contributed by atoms with Gasteiger partial charge in [-0.05, 0) is 16.3 Å². The number of benzene rings is 2. The molecule has 2 heterocycles. The van der Waals surface area contributed by atoms with Crippen LogP contribution in [0.15, 0.2) is 66.0 Å². The van der Waals surface area contributed by atoms with Crippen LogP contribution in [0.2, 0.25) is 0 Å². The second kappa shape index (κ2) is 6.05. The molecule has 1 atom stereocenters. The Bertz CT molecular complexity index is 979. The first kappa shape index (κ1) is 15.4. The highest BCUT2D eigenvalue weighted by atomic mass is 16.3. The minimum Gasteiger partial charge on any atom is -0.353 e. The summed E-state index contributed by atoms with van der Waals surface area (Å²) in [6.45, 7) is 0.987. The van der Waals surface area contributed by atoms with Crippen LogP contribution in [-0.4, -0.2) is 23.2 Å². The van der Waals surface area contributed by atoms with Gasteiger partial charge in [0.05, 0.1) is 19.3 Å². The summed E-state index contributed by atoms with van der Waals surface area (Å²) in [4.78, 5) is 9.04. The van der Waals surface area contributed by atoms with Gasteiger partial charge >= 0.3 is 5.95 Å². The predicted molar refractivity (Wildman–Crippen MR) is 93.6 cm³/mol. The largest absolute Gasteiger partial charge is 0.396 e. The van der Waals surface area contributed by atoms with E-state index in [4.69, 9.17) is 5.53 Å². The third-order valence-electron chi connectivity index (χ3n) is 4.59. The summed E-state index contributed by atoms with van der Waals surface area (Å²) in [5, 5.41) is 17.4. The molecule has 1 aromatic heterocycles. The Hall–Kier alpha value is -3.15. The minimum absolute atomic E-state index is 0.250. The lowest BCUT2D eigenvalue weighted by molar-refractivity contribution is -0.685. The summed E-state index contributed by atoms with van der Waals surface area (Å²) in [5.74, 6) is 0.658. The van der Waals surface area contributed by atoms with E-state index < -0.39 is 5.72 Å². The molecule has 7 nitrogen and oxygen atoms in total. The van der Waals surface area contributed by atoms with Crippen LogP contribution in [0.3, 0.4) is 0 Å². The van der Waals surface area contributed by atoms with Crippen molar-refractivity contribution in [2.45, 2.75) is 12.3 Å². The number of anilines is 1. The van der Waals surface area contributed by atoms with Crippen LogP contribution in [0.25, 0.3) is 21.2 Å². The molecule has 7 heteroatoms. The van der Waals surface area contributed by atoms with Crippen LogP contribution >= 0.6 is 0 Å². The number of aliphatic hydroxyl groups is 1. The van der Waals surface area contributed by atoms with Crippen molar-refractivity contribution in [1.29, 1.82) is 0 Å². The van der Waals surface area contributed by atoms with E-state index in [1.165, 1.54) is 0 Å². The molecule has 0 fully saturated rings. The Labute approximate surface area is 144 Å². The number of hydrogen-bond donors (Lipinski definition) is 1. The van der Waals surface area contributed by atoms with E-state index in [-0.39, 0.29) is 6.54 Å². The highest BCUT2D eigenvalue weighted by molar-refractivity contribution is 5.86. The quantitative estimate of drug-likeness (QED) is 0.344. The summed E-state index contributed by atoms with van der Waals surface area (Å²) < 4.78 is 1.91. The fourth-order valence-corrected chi connectivity index (χ4v) is 3.51. The van der Waals surface area contributed by atoms with Crippen LogP contribution in [0.5, 0.6) is 0 Å². The monoisotopic (exact) mass is 333 g/mol. The van der Waals surface area contributed by atoms with E-state index in [1.807, 2.05) is 64.2 Å². The van der Waals surface area contributed by atoms with Gasteiger partial charge in [-0.15, -0.1) is 0 Å². The smallest absolute Gasteiger partial charge is 0.353 e. The van der Waals surface area contributed by atoms with Gasteiger partial charge in [0, 0.05) is 16.5 Å². The molecule has 0 amide bonds. The van der Waals surface area contributed by atoms with Crippen molar-refractivity contribution in [3.05, 3.63) is 76.9 Å². The summed E-state index contributed by atoms with van der Waals surface area (Å²) in [6.07, 6.45) is 3.59. The fraction of sp³-hybridized carbons (Fsp3) is 0.222. The van der Waals surface area contributed by atoms with E-state index in [9.17, 15) is 5.11 Å². The second-order valence-corrected chi connectivity index (χ2v) is 6.00. The number of aromatic nitrogens is 2. The number of azide groups is 1. The lowest BCUT2D eigenvalue weighted by Gasteiger charge is -2.29. The summed E-state index contributed by atoms with van der Waals surface area (Å²) >= 11 is 0. The minimum atomic E-state index is -1.26. The number of hydrogen-bond acceptors (Lipinski definition) is 4. The van der Waals surface area contributed by atoms with Crippen LogP contribution in [-0.2, 0) is 12.3 Å². The lowest BCUT2D eigenvalue weighted by atomic mass is 9.95. The topological polar surface area (TPSA) is 89.0 Å². The molecule has 25 heavy (non-hydrogen) atoms. The standard InChI is InChI=1S/C18H17N6O/c19-22-21-10-12-24-17-20-9-4-11-23(17)13-18(24,25)16-8-3-6-14-5-1-2-7-15(14)16/h1-9,11,25H,10,12-13H2/q+1. The van der Waals surface area contributed by atoms with E-state index in [2.05, 4.69) is 15.0 Å². The third-order valence-corrected chi connectivity index (χ3v) is 4.59. The highest BCUT2D eigenvalue weighted by Gasteiger charge is 2.51. The zero-order valence-electron chi connectivity index (χ0n) is 13.5. The first-order valence-electron chi connectivity index (χ1n) is 8.07. The molecule has 0 saturated carbocycles. The number of nitrogens with zero attached hydrogens (tertiary/aromatic N) is 6.